The van der Waals surface area contributed by atoms with Gasteiger partial charge in [-0.3, -0.25) is 9.82 Å². The van der Waals surface area contributed by atoms with Gasteiger partial charge < -0.3 is 4.90 Å². The van der Waals surface area contributed by atoms with Crippen molar-refractivity contribution < 1.29 is 8.42 Å². The van der Waals surface area contributed by atoms with Crippen LogP contribution in [0, 0.1) is 20.8 Å². The van der Waals surface area contributed by atoms with Gasteiger partial charge in [0.05, 0.1) is 23.3 Å². The molecule has 142 valence electrons. The smallest absolute Gasteiger partial charge is 0.265 e. The quantitative estimate of drug-likeness (QED) is 0.675. The molecule has 0 atom stereocenters. The SMILES string of the molecule is CCN(c1cccc(C)c1)c1ccc(NS(=O)(=O)c2c(C)n[nH]c2C)cn1. The highest BCUT2D eigenvalue weighted by atomic mass is 32.2. The van der Waals surface area contributed by atoms with Gasteiger partial charge in [-0.05, 0) is 57.5 Å². The lowest BCUT2D eigenvalue weighted by molar-refractivity contribution is 0.600. The van der Waals surface area contributed by atoms with E-state index in [2.05, 4.69) is 30.9 Å². The first kappa shape index (κ1) is 18.9. The number of aryl methyl sites for hydroxylation is 3. The molecule has 0 spiro atoms. The molecule has 7 nitrogen and oxygen atoms in total. The number of nitrogens with one attached hydrogen (secondary N) is 2. The fourth-order valence-electron chi connectivity index (χ4n) is 3.02. The van der Waals surface area contributed by atoms with Crippen molar-refractivity contribution in [2.75, 3.05) is 16.2 Å². The van der Waals surface area contributed by atoms with Gasteiger partial charge in [-0.25, -0.2) is 13.4 Å². The number of pyridine rings is 1. The van der Waals surface area contributed by atoms with Gasteiger partial charge in [-0.15, -0.1) is 0 Å². The van der Waals surface area contributed by atoms with Crippen LogP contribution in [0.1, 0.15) is 23.9 Å². The average molecular weight is 385 g/mol. The third-order valence-corrected chi connectivity index (χ3v) is 5.88. The Bertz CT molecular complexity index is 1020. The molecule has 0 aliphatic heterocycles. The van der Waals surface area contributed by atoms with Crippen molar-refractivity contribution in [1.82, 2.24) is 15.2 Å². The second-order valence-corrected chi connectivity index (χ2v) is 7.98. The number of hydrogen-bond donors (Lipinski definition) is 2. The Morgan fingerprint density at radius 2 is 1.93 bits per heavy atom. The largest absolute Gasteiger partial charge is 0.327 e. The zero-order valence-corrected chi connectivity index (χ0v) is 16.6. The van der Waals surface area contributed by atoms with E-state index in [4.69, 9.17) is 0 Å². The standard InChI is InChI=1S/C19H23N5O2S/c1-5-24(17-8-6-7-13(2)11-17)18-10-9-16(12-20-18)23-27(25,26)19-14(3)21-22-15(19)4/h6-12,23H,5H2,1-4H3,(H,21,22). The van der Waals surface area contributed by atoms with Crippen LogP contribution in [0.3, 0.4) is 0 Å². The van der Waals surface area contributed by atoms with E-state index in [0.717, 1.165) is 18.1 Å². The highest BCUT2D eigenvalue weighted by Gasteiger charge is 2.22. The van der Waals surface area contributed by atoms with Crippen molar-refractivity contribution >= 4 is 27.2 Å². The molecule has 2 heterocycles. The first-order valence-electron chi connectivity index (χ1n) is 8.66. The summed E-state index contributed by atoms with van der Waals surface area (Å²) in [4.78, 5) is 6.68. The van der Waals surface area contributed by atoms with E-state index in [9.17, 15) is 8.42 Å². The van der Waals surface area contributed by atoms with Crippen molar-refractivity contribution in [3.05, 3.63) is 59.5 Å². The summed E-state index contributed by atoms with van der Waals surface area (Å²) in [5, 5.41) is 6.64. The molecule has 0 radical (unpaired) electrons. The molecule has 0 aliphatic rings. The molecule has 27 heavy (non-hydrogen) atoms. The number of aromatic amines is 1. The predicted molar refractivity (Wildman–Crippen MR) is 107 cm³/mol. The average Bonchev–Trinajstić information content (AvgIpc) is 2.96. The molecule has 0 bridgehead atoms. The second kappa shape index (κ2) is 7.40. The normalized spacial score (nSPS) is 11.4. The molecule has 0 unspecified atom stereocenters. The van der Waals surface area contributed by atoms with Crippen LogP contribution >= 0.6 is 0 Å². The monoisotopic (exact) mass is 385 g/mol. The maximum atomic E-state index is 12.6. The lowest BCUT2D eigenvalue weighted by atomic mass is 10.2. The number of aromatic nitrogens is 3. The van der Waals surface area contributed by atoms with Gasteiger partial charge >= 0.3 is 0 Å². The van der Waals surface area contributed by atoms with Crippen molar-refractivity contribution in [2.45, 2.75) is 32.6 Å². The first-order chi connectivity index (χ1) is 12.8. The summed E-state index contributed by atoms with van der Waals surface area (Å²) >= 11 is 0. The Labute approximate surface area is 159 Å². The van der Waals surface area contributed by atoms with E-state index in [0.29, 0.717) is 17.1 Å². The summed E-state index contributed by atoms with van der Waals surface area (Å²) in [7, 11) is -3.73. The van der Waals surface area contributed by atoms with Gasteiger partial charge in [0.1, 0.15) is 10.7 Å². The van der Waals surface area contributed by atoms with Crippen LogP contribution in [-0.2, 0) is 10.0 Å². The maximum Gasteiger partial charge on any atom is 0.265 e. The van der Waals surface area contributed by atoms with Crippen LogP contribution in [0.5, 0.6) is 0 Å². The van der Waals surface area contributed by atoms with Gasteiger partial charge in [0, 0.05) is 12.2 Å². The summed E-state index contributed by atoms with van der Waals surface area (Å²) in [5.41, 5.74) is 3.55. The van der Waals surface area contributed by atoms with Crippen molar-refractivity contribution in [2.24, 2.45) is 0 Å². The molecule has 0 saturated carbocycles. The Kier molecular flexibility index (Phi) is 5.18. The number of benzene rings is 1. The molecule has 3 aromatic rings. The summed E-state index contributed by atoms with van der Waals surface area (Å²) in [6.07, 6.45) is 1.52. The lowest BCUT2D eigenvalue weighted by Gasteiger charge is -2.22. The van der Waals surface area contributed by atoms with Crippen LogP contribution in [0.4, 0.5) is 17.2 Å². The van der Waals surface area contributed by atoms with Crippen molar-refractivity contribution in [1.29, 1.82) is 0 Å². The van der Waals surface area contributed by atoms with Gasteiger partial charge in [-0.2, -0.15) is 5.10 Å². The zero-order chi connectivity index (χ0) is 19.6. The molecule has 0 aliphatic carbocycles. The van der Waals surface area contributed by atoms with E-state index in [-0.39, 0.29) is 4.90 Å². The molecule has 1 aromatic carbocycles. The van der Waals surface area contributed by atoms with Crippen LogP contribution < -0.4 is 9.62 Å². The van der Waals surface area contributed by atoms with E-state index < -0.39 is 10.0 Å². The van der Waals surface area contributed by atoms with Crippen molar-refractivity contribution in [3.63, 3.8) is 0 Å². The number of sulfonamides is 1. The summed E-state index contributed by atoms with van der Waals surface area (Å²) in [5.74, 6) is 0.752. The molecular formula is C19H23N5O2S. The predicted octanol–water partition coefficient (Wildman–Crippen LogP) is 3.69. The highest BCUT2D eigenvalue weighted by Crippen LogP contribution is 2.26. The third-order valence-electron chi connectivity index (χ3n) is 4.24. The van der Waals surface area contributed by atoms with E-state index >= 15 is 0 Å². The molecule has 0 saturated heterocycles. The third kappa shape index (κ3) is 3.95. The minimum atomic E-state index is -3.73. The second-order valence-electron chi connectivity index (χ2n) is 6.36. The summed E-state index contributed by atoms with van der Waals surface area (Å²) in [6.45, 7) is 8.17. The van der Waals surface area contributed by atoms with Crippen LogP contribution in [0.2, 0.25) is 0 Å². The number of rotatable bonds is 6. The molecular weight excluding hydrogens is 362 g/mol. The Hall–Kier alpha value is -2.87. The van der Waals surface area contributed by atoms with Crippen LogP contribution in [-0.4, -0.2) is 30.1 Å². The molecule has 2 aromatic heterocycles. The van der Waals surface area contributed by atoms with Gasteiger partial charge in [-0.1, -0.05) is 12.1 Å². The molecule has 2 N–H and O–H groups in total. The minimum Gasteiger partial charge on any atom is -0.327 e. The Morgan fingerprint density at radius 1 is 1.15 bits per heavy atom. The topological polar surface area (TPSA) is 91.0 Å². The van der Waals surface area contributed by atoms with E-state index in [1.54, 1.807) is 26.0 Å². The molecule has 0 fully saturated rings. The molecule has 3 rings (SSSR count). The summed E-state index contributed by atoms with van der Waals surface area (Å²) in [6, 6.07) is 11.7. The Balaban J connectivity index is 1.85. The highest BCUT2D eigenvalue weighted by molar-refractivity contribution is 7.92. The lowest BCUT2D eigenvalue weighted by Crippen LogP contribution is -2.18. The number of nitrogens with zero attached hydrogens (tertiary/aromatic N) is 3. The Morgan fingerprint density at radius 3 is 2.48 bits per heavy atom. The summed E-state index contributed by atoms with van der Waals surface area (Å²) < 4.78 is 27.8. The fourth-order valence-corrected chi connectivity index (χ4v) is 4.44. The minimum absolute atomic E-state index is 0.168. The molecule has 0 amide bonds. The van der Waals surface area contributed by atoms with Crippen molar-refractivity contribution in [3.8, 4) is 0 Å². The van der Waals surface area contributed by atoms with E-state index in [1.807, 2.05) is 32.0 Å². The van der Waals surface area contributed by atoms with Crippen LogP contribution in [0.15, 0.2) is 47.5 Å². The number of hydrogen-bond acceptors (Lipinski definition) is 5. The fraction of sp³-hybridized carbons (Fsp3) is 0.263. The van der Waals surface area contributed by atoms with E-state index in [1.165, 1.54) is 11.8 Å². The van der Waals surface area contributed by atoms with Gasteiger partial charge in [0.15, 0.2) is 0 Å². The van der Waals surface area contributed by atoms with Gasteiger partial charge in [0.2, 0.25) is 0 Å². The van der Waals surface area contributed by atoms with Gasteiger partial charge in [0.25, 0.3) is 10.0 Å². The molecule has 8 heteroatoms. The van der Waals surface area contributed by atoms with Crippen LogP contribution in [0.25, 0.3) is 0 Å². The first-order valence-corrected chi connectivity index (χ1v) is 10.1. The zero-order valence-electron chi connectivity index (χ0n) is 15.8. The number of H-pyrrole nitrogens is 1. The maximum absolute atomic E-state index is 12.6. The number of anilines is 3.